The molecule has 13 heavy (non-hydrogen) atoms. The van der Waals surface area contributed by atoms with Gasteiger partial charge in [0.2, 0.25) is 0 Å². The van der Waals surface area contributed by atoms with Gasteiger partial charge in [-0.1, -0.05) is 0 Å². The molecule has 2 rings (SSSR count). The Kier molecular flexibility index (Phi) is 2.00. The van der Waals surface area contributed by atoms with Crippen LogP contribution in [-0.4, -0.2) is 9.97 Å². The van der Waals surface area contributed by atoms with Crippen molar-refractivity contribution in [2.45, 2.75) is 13.8 Å². The van der Waals surface area contributed by atoms with Crippen LogP contribution in [0.25, 0.3) is 10.2 Å². The van der Waals surface area contributed by atoms with E-state index >= 15 is 0 Å². The summed E-state index contributed by atoms with van der Waals surface area (Å²) in [4.78, 5) is 9.62. The Morgan fingerprint density at radius 1 is 1.31 bits per heavy atom. The Bertz CT molecular complexity index is 478. The molecule has 0 aliphatic heterocycles. The number of anilines is 1. The molecule has 0 saturated carbocycles. The molecule has 0 saturated heterocycles. The topological polar surface area (TPSA) is 51.8 Å². The summed E-state index contributed by atoms with van der Waals surface area (Å²) < 4.78 is 2.00. The van der Waals surface area contributed by atoms with Crippen molar-refractivity contribution in [2.75, 3.05) is 5.73 Å². The second kappa shape index (κ2) is 2.92. The minimum Gasteiger partial charge on any atom is -0.382 e. The summed E-state index contributed by atoms with van der Waals surface area (Å²) in [6.07, 6.45) is 0. The fraction of sp³-hybridized carbons (Fsp3) is 0.250. The van der Waals surface area contributed by atoms with Gasteiger partial charge in [-0.05, 0) is 29.8 Å². The number of halogens is 1. The normalized spacial score (nSPS) is 11.0. The van der Waals surface area contributed by atoms with Crippen LogP contribution in [0, 0.1) is 13.8 Å². The SMILES string of the molecule is Cc1nc(N)c2sc(C)c(Br)c2n1. The van der Waals surface area contributed by atoms with E-state index in [4.69, 9.17) is 5.73 Å². The van der Waals surface area contributed by atoms with Crippen molar-refractivity contribution in [1.82, 2.24) is 9.97 Å². The minimum absolute atomic E-state index is 0.571. The monoisotopic (exact) mass is 257 g/mol. The molecule has 3 nitrogen and oxygen atoms in total. The molecular formula is C8H8BrN3S. The summed E-state index contributed by atoms with van der Waals surface area (Å²) in [5.41, 5.74) is 6.70. The fourth-order valence-corrected chi connectivity index (χ4v) is 2.75. The number of aryl methyl sites for hydroxylation is 2. The third-order valence-corrected chi connectivity index (χ3v) is 4.13. The van der Waals surface area contributed by atoms with Gasteiger partial charge in [0.15, 0.2) is 0 Å². The maximum Gasteiger partial charge on any atom is 0.145 e. The Balaban J connectivity index is 2.94. The Morgan fingerprint density at radius 3 is 2.69 bits per heavy atom. The molecule has 68 valence electrons. The average molecular weight is 258 g/mol. The highest BCUT2D eigenvalue weighted by molar-refractivity contribution is 9.10. The van der Waals surface area contributed by atoms with Crippen LogP contribution in [0.3, 0.4) is 0 Å². The molecule has 0 bridgehead atoms. The summed E-state index contributed by atoms with van der Waals surface area (Å²) in [5.74, 6) is 1.28. The van der Waals surface area contributed by atoms with E-state index in [-0.39, 0.29) is 0 Å². The van der Waals surface area contributed by atoms with E-state index < -0.39 is 0 Å². The first-order valence-corrected chi connectivity index (χ1v) is 5.39. The lowest BCUT2D eigenvalue weighted by Crippen LogP contribution is -1.94. The molecule has 0 unspecified atom stereocenters. The molecule has 2 aromatic heterocycles. The molecule has 0 spiro atoms. The van der Waals surface area contributed by atoms with Gasteiger partial charge in [0, 0.05) is 4.88 Å². The number of hydrogen-bond donors (Lipinski definition) is 1. The predicted molar refractivity (Wildman–Crippen MR) is 59.0 cm³/mol. The van der Waals surface area contributed by atoms with Crippen molar-refractivity contribution < 1.29 is 0 Å². The molecule has 5 heteroatoms. The molecule has 0 aliphatic rings. The lowest BCUT2D eigenvalue weighted by Gasteiger charge is -1.96. The van der Waals surface area contributed by atoms with Gasteiger partial charge in [-0.2, -0.15) is 0 Å². The summed E-state index contributed by atoms with van der Waals surface area (Å²) in [6.45, 7) is 3.88. The highest BCUT2D eigenvalue weighted by atomic mass is 79.9. The average Bonchev–Trinajstić information content (AvgIpc) is 2.32. The second-order valence-electron chi connectivity index (χ2n) is 2.81. The van der Waals surface area contributed by atoms with E-state index in [0.717, 1.165) is 14.7 Å². The number of rotatable bonds is 0. The van der Waals surface area contributed by atoms with Crippen molar-refractivity contribution in [3.05, 3.63) is 15.2 Å². The third kappa shape index (κ3) is 1.32. The van der Waals surface area contributed by atoms with Crippen molar-refractivity contribution in [3.63, 3.8) is 0 Å². The molecule has 0 amide bonds. The fourth-order valence-electron chi connectivity index (χ4n) is 1.20. The highest BCUT2D eigenvalue weighted by Gasteiger charge is 2.11. The highest BCUT2D eigenvalue weighted by Crippen LogP contribution is 2.35. The van der Waals surface area contributed by atoms with Crippen LogP contribution in [0.15, 0.2) is 4.47 Å². The van der Waals surface area contributed by atoms with Crippen LogP contribution in [-0.2, 0) is 0 Å². The first kappa shape index (κ1) is 8.90. The van der Waals surface area contributed by atoms with Crippen LogP contribution in [0.4, 0.5) is 5.82 Å². The maximum absolute atomic E-state index is 5.78. The molecule has 0 radical (unpaired) electrons. The number of thiophene rings is 1. The first-order valence-electron chi connectivity index (χ1n) is 3.78. The van der Waals surface area contributed by atoms with Gasteiger partial charge in [-0.15, -0.1) is 11.3 Å². The Labute approximate surface area is 88.1 Å². The predicted octanol–water partition coefficient (Wildman–Crippen LogP) is 2.65. The molecule has 0 aliphatic carbocycles. The van der Waals surface area contributed by atoms with E-state index in [1.165, 1.54) is 4.88 Å². The van der Waals surface area contributed by atoms with E-state index in [1.54, 1.807) is 11.3 Å². The van der Waals surface area contributed by atoms with E-state index in [9.17, 15) is 0 Å². The minimum atomic E-state index is 0.571. The summed E-state index contributed by atoms with van der Waals surface area (Å²) in [7, 11) is 0. The molecule has 2 heterocycles. The number of hydrogen-bond acceptors (Lipinski definition) is 4. The van der Waals surface area contributed by atoms with Gasteiger partial charge < -0.3 is 5.73 Å². The van der Waals surface area contributed by atoms with Gasteiger partial charge in [0.05, 0.1) is 9.17 Å². The number of fused-ring (bicyclic) bond motifs is 1. The van der Waals surface area contributed by atoms with Gasteiger partial charge >= 0.3 is 0 Å². The Hall–Kier alpha value is -0.680. The molecule has 2 N–H and O–H groups in total. The number of nitrogen functional groups attached to an aromatic ring is 1. The van der Waals surface area contributed by atoms with Crippen LogP contribution in [0.1, 0.15) is 10.7 Å². The second-order valence-corrected chi connectivity index (χ2v) is 4.82. The van der Waals surface area contributed by atoms with Crippen LogP contribution in [0.5, 0.6) is 0 Å². The summed E-state index contributed by atoms with van der Waals surface area (Å²) in [6, 6.07) is 0. The summed E-state index contributed by atoms with van der Waals surface area (Å²) >= 11 is 5.10. The molecule has 0 atom stereocenters. The number of aromatic nitrogens is 2. The van der Waals surface area contributed by atoms with Crippen LogP contribution in [0.2, 0.25) is 0 Å². The van der Waals surface area contributed by atoms with Crippen molar-refractivity contribution in [1.29, 1.82) is 0 Å². The Morgan fingerprint density at radius 2 is 2.00 bits per heavy atom. The zero-order chi connectivity index (χ0) is 9.59. The number of nitrogens with zero attached hydrogens (tertiary/aromatic N) is 2. The largest absolute Gasteiger partial charge is 0.382 e. The third-order valence-electron chi connectivity index (χ3n) is 1.78. The van der Waals surface area contributed by atoms with Gasteiger partial charge in [0.1, 0.15) is 17.2 Å². The molecule has 0 fully saturated rings. The molecule has 0 aromatic carbocycles. The van der Waals surface area contributed by atoms with E-state index in [2.05, 4.69) is 25.9 Å². The van der Waals surface area contributed by atoms with Gasteiger partial charge in [-0.25, -0.2) is 9.97 Å². The van der Waals surface area contributed by atoms with Crippen LogP contribution < -0.4 is 5.73 Å². The number of nitrogens with two attached hydrogens (primary N) is 1. The zero-order valence-electron chi connectivity index (χ0n) is 7.26. The summed E-state index contributed by atoms with van der Waals surface area (Å²) in [5, 5.41) is 0. The van der Waals surface area contributed by atoms with Crippen molar-refractivity contribution in [2.24, 2.45) is 0 Å². The smallest absolute Gasteiger partial charge is 0.145 e. The van der Waals surface area contributed by atoms with Gasteiger partial charge in [0.25, 0.3) is 0 Å². The molecular weight excluding hydrogens is 250 g/mol. The lowest BCUT2D eigenvalue weighted by molar-refractivity contribution is 1.10. The van der Waals surface area contributed by atoms with Crippen LogP contribution >= 0.6 is 27.3 Å². The van der Waals surface area contributed by atoms with Crippen molar-refractivity contribution in [3.8, 4) is 0 Å². The van der Waals surface area contributed by atoms with E-state index in [1.807, 2.05) is 13.8 Å². The maximum atomic E-state index is 5.78. The van der Waals surface area contributed by atoms with E-state index in [0.29, 0.717) is 11.6 Å². The molecule has 2 aromatic rings. The van der Waals surface area contributed by atoms with Crippen molar-refractivity contribution >= 4 is 43.3 Å². The van der Waals surface area contributed by atoms with Gasteiger partial charge in [-0.3, -0.25) is 0 Å². The zero-order valence-corrected chi connectivity index (χ0v) is 9.66. The first-order chi connectivity index (χ1) is 6.09. The standard InChI is InChI=1S/C8H8BrN3S/c1-3-5(9)6-7(13-3)8(10)12-4(2)11-6/h1-2H3,(H2,10,11,12). The lowest BCUT2D eigenvalue weighted by atomic mass is 10.4. The quantitative estimate of drug-likeness (QED) is 0.790.